The molecule has 0 saturated carbocycles. The summed E-state index contributed by atoms with van der Waals surface area (Å²) in [6, 6.07) is 18.7. The molecule has 2 aromatic carbocycles. The summed E-state index contributed by atoms with van der Waals surface area (Å²) in [5, 5.41) is 3.42. The van der Waals surface area contributed by atoms with Crippen LogP contribution in [-0.2, 0) is 6.54 Å². The van der Waals surface area contributed by atoms with Gasteiger partial charge in [0.2, 0.25) is 0 Å². The fourth-order valence-corrected chi connectivity index (χ4v) is 1.93. The Labute approximate surface area is 115 Å². The van der Waals surface area contributed by atoms with Gasteiger partial charge in [0.25, 0.3) is 0 Å². The molecule has 0 saturated heterocycles. The lowest BCUT2D eigenvalue weighted by atomic mass is 9.98. The van der Waals surface area contributed by atoms with E-state index in [1.54, 1.807) is 0 Å². The third kappa shape index (κ3) is 3.62. The van der Waals surface area contributed by atoms with Gasteiger partial charge in [-0.3, -0.25) is 0 Å². The number of benzene rings is 2. The second-order valence-corrected chi connectivity index (χ2v) is 4.76. The van der Waals surface area contributed by atoms with Crippen LogP contribution < -0.4 is 11.1 Å². The number of allylic oxidation sites excluding steroid dienone is 1. The molecule has 0 aromatic heterocycles. The number of hydrogen-bond acceptors (Lipinski definition) is 2. The van der Waals surface area contributed by atoms with Gasteiger partial charge in [-0.2, -0.15) is 0 Å². The van der Waals surface area contributed by atoms with Crippen LogP contribution in [0.3, 0.4) is 0 Å². The van der Waals surface area contributed by atoms with E-state index in [0.717, 1.165) is 12.2 Å². The average molecular weight is 252 g/mol. The molecule has 0 heterocycles. The van der Waals surface area contributed by atoms with Crippen LogP contribution in [0.4, 0.5) is 5.69 Å². The highest BCUT2D eigenvalue weighted by molar-refractivity contribution is 5.48. The van der Waals surface area contributed by atoms with Crippen LogP contribution in [0.15, 0.2) is 66.9 Å². The van der Waals surface area contributed by atoms with Crippen LogP contribution in [0.1, 0.15) is 24.0 Å². The van der Waals surface area contributed by atoms with E-state index in [4.69, 9.17) is 5.73 Å². The molecule has 3 N–H and O–H groups in total. The van der Waals surface area contributed by atoms with Gasteiger partial charge in [0.1, 0.15) is 0 Å². The van der Waals surface area contributed by atoms with E-state index in [2.05, 4.69) is 49.2 Å². The molecular weight excluding hydrogens is 232 g/mol. The van der Waals surface area contributed by atoms with Crippen molar-refractivity contribution < 1.29 is 0 Å². The minimum Gasteiger partial charge on any atom is -0.402 e. The number of nitrogens with two attached hydrogens (primary N) is 1. The maximum atomic E-state index is 5.77. The topological polar surface area (TPSA) is 38.0 Å². The van der Waals surface area contributed by atoms with Crippen LogP contribution in [0, 0.1) is 0 Å². The second kappa shape index (κ2) is 6.10. The first-order valence-electron chi connectivity index (χ1n) is 6.49. The lowest BCUT2D eigenvalue weighted by Gasteiger charge is -2.13. The van der Waals surface area contributed by atoms with Gasteiger partial charge in [-0.25, -0.2) is 0 Å². The molecule has 2 nitrogen and oxygen atoms in total. The van der Waals surface area contributed by atoms with Crippen molar-refractivity contribution in [2.24, 2.45) is 5.73 Å². The van der Waals surface area contributed by atoms with Gasteiger partial charge in [0.15, 0.2) is 0 Å². The maximum absolute atomic E-state index is 5.77. The van der Waals surface area contributed by atoms with Gasteiger partial charge in [0, 0.05) is 23.8 Å². The van der Waals surface area contributed by atoms with Crippen molar-refractivity contribution in [3.05, 3.63) is 78.0 Å². The monoisotopic (exact) mass is 252 g/mol. The fourth-order valence-electron chi connectivity index (χ4n) is 1.93. The highest BCUT2D eigenvalue weighted by Crippen LogP contribution is 2.22. The van der Waals surface area contributed by atoms with Crippen molar-refractivity contribution in [2.45, 2.75) is 19.4 Å². The van der Waals surface area contributed by atoms with Gasteiger partial charge < -0.3 is 11.1 Å². The van der Waals surface area contributed by atoms with Gasteiger partial charge >= 0.3 is 0 Å². The largest absolute Gasteiger partial charge is 0.402 e. The molecule has 0 aliphatic heterocycles. The van der Waals surface area contributed by atoms with Crippen molar-refractivity contribution in [1.82, 2.24) is 0 Å². The van der Waals surface area contributed by atoms with Crippen LogP contribution in [-0.4, -0.2) is 0 Å². The summed E-state index contributed by atoms with van der Waals surface area (Å²) in [7, 11) is 0. The first kappa shape index (κ1) is 13.2. The van der Waals surface area contributed by atoms with E-state index in [1.165, 1.54) is 11.1 Å². The molecule has 0 aliphatic rings. The molecule has 2 aromatic rings. The van der Waals surface area contributed by atoms with Crippen molar-refractivity contribution in [2.75, 3.05) is 5.32 Å². The normalized spacial score (nSPS) is 11.8. The number of anilines is 1. The molecule has 0 radical (unpaired) electrons. The molecule has 2 heteroatoms. The summed E-state index contributed by atoms with van der Waals surface area (Å²) in [6.07, 6.45) is 0. The number of hydrogen-bond donors (Lipinski definition) is 2. The second-order valence-electron chi connectivity index (χ2n) is 4.76. The Morgan fingerprint density at radius 1 is 1.16 bits per heavy atom. The molecule has 0 spiro atoms. The smallest absolute Gasteiger partial charge is 0.0400 e. The van der Waals surface area contributed by atoms with E-state index < -0.39 is 0 Å². The van der Waals surface area contributed by atoms with Gasteiger partial charge in [-0.05, 0) is 23.3 Å². The predicted octanol–water partition coefficient (Wildman–Crippen LogP) is 3.87. The van der Waals surface area contributed by atoms with E-state index in [1.807, 2.05) is 24.3 Å². The van der Waals surface area contributed by atoms with E-state index in [9.17, 15) is 0 Å². The first-order chi connectivity index (χ1) is 9.16. The molecule has 0 aliphatic carbocycles. The quantitative estimate of drug-likeness (QED) is 0.847. The Bertz CT molecular complexity index is 546. The van der Waals surface area contributed by atoms with Gasteiger partial charge in [0.05, 0.1) is 0 Å². The van der Waals surface area contributed by atoms with Crippen LogP contribution in [0.25, 0.3) is 0 Å². The molecular formula is C17H20N2. The highest BCUT2D eigenvalue weighted by atomic mass is 14.9. The molecule has 19 heavy (non-hydrogen) atoms. The minimum atomic E-state index is 0.179. The van der Waals surface area contributed by atoms with E-state index in [-0.39, 0.29) is 5.92 Å². The van der Waals surface area contributed by atoms with Crippen LogP contribution >= 0.6 is 0 Å². The van der Waals surface area contributed by atoms with Gasteiger partial charge in [-0.15, -0.1) is 0 Å². The zero-order valence-electron chi connectivity index (χ0n) is 11.3. The van der Waals surface area contributed by atoms with E-state index in [0.29, 0.717) is 5.70 Å². The summed E-state index contributed by atoms with van der Waals surface area (Å²) < 4.78 is 0. The summed E-state index contributed by atoms with van der Waals surface area (Å²) in [6.45, 7) is 6.70. The Balaban J connectivity index is 2.05. The molecule has 0 amide bonds. The van der Waals surface area contributed by atoms with E-state index >= 15 is 0 Å². The molecule has 0 fully saturated rings. The lowest BCUT2D eigenvalue weighted by Crippen LogP contribution is -2.06. The predicted molar refractivity (Wildman–Crippen MR) is 82.0 cm³/mol. The van der Waals surface area contributed by atoms with Crippen molar-refractivity contribution in [1.29, 1.82) is 0 Å². The van der Waals surface area contributed by atoms with Crippen molar-refractivity contribution in [3.8, 4) is 0 Å². The third-order valence-corrected chi connectivity index (χ3v) is 3.28. The number of nitrogens with one attached hydrogen (secondary N) is 1. The molecule has 98 valence electrons. The Morgan fingerprint density at radius 3 is 2.58 bits per heavy atom. The zero-order chi connectivity index (χ0) is 13.7. The summed E-state index contributed by atoms with van der Waals surface area (Å²) in [5.41, 5.74) is 10.0. The lowest BCUT2D eigenvalue weighted by molar-refractivity contribution is 0.883. The summed E-state index contributed by atoms with van der Waals surface area (Å²) in [4.78, 5) is 0. The fraction of sp³-hybridized carbons (Fsp3) is 0.176. The standard InChI is InChI=1S/C17H20N2/c1-13(14(2)18)16-9-6-10-17(11-16)19-12-15-7-4-3-5-8-15/h3-11,13,19H,2,12,18H2,1H3. The minimum absolute atomic E-state index is 0.179. The maximum Gasteiger partial charge on any atom is 0.0400 e. The van der Waals surface area contributed by atoms with Crippen molar-refractivity contribution in [3.63, 3.8) is 0 Å². The van der Waals surface area contributed by atoms with Crippen LogP contribution in [0.5, 0.6) is 0 Å². The average Bonchev–Trinajstić information content (AvgIpc) is 2.45. The van der Waals surface area contributed by atoms with Gasteiger partial charge in [-0.1, -0.05) is 56.0 Å². The molecule has 1 unspecified atom stereocenters. The Morgan fingerprint density at radius 2 is 1.89 bits per heavy atom. The first-order valence-corrected chi connectivity index (χ1v) is 6.49. The highest BCUT2D eigenvalue weighted by Gasteiger charge is 2.06. The molecule has 1 atom stereocenters. The van der Waals surface area contributed by atoms with Crippen molar-refractivity contribution >= 4 is 5.69 Å². The SMILES string of the molecule is C=C(N)C(C)c1cccc(NCc2ccccc2)c1. The Hall–Kier alpha value is -2.22. The van der Waals surface area contributed by atoms with Crippen LogP contribution in [0.2, 0.25) is 0 Å². The Kier molecular flexibility index (Phi) is 4.24. The summed E-state index contributed by atoms with van der Waals surface area (Å²) >= 11 is 0. The zero-order valence-corrected chi connectivity index (χ0v) is 11.3. The third-order valence-electron chi connectivity index (χ3n) is 3.28. The molecule has 0 bridgehead atoms. The number of rotatable bonds is 5. The summed E-state index contributed by atoms with van der Waals surface area (Å²) in [5.74, 6) is 0.179. The molecule has 2 rings (SSSR count).